The van der Waals surface area contributed by atoms with E-state index in [0.29, 0.717) is 18.5 Å². The van der Waals surface area contributed by atoms with E-state index in [2.05, 4.69) is 76.7 Å². The lowest BCUT2D eigenvalue weighted by atomic mass is 9.82. The lowest BCUT2D eigenvalue weighted by Gasteiger charge is -2.42. The maximum Gasteiger partial charge on any atom is 0.245 e. The number of aliphatic imine (C=N–C) groups is 2. The van der Waals surface area contributed by atoms with Crippen molar-refractivity contribution in [1.82, 2.24) is 20.4 Å². The monoisotopic (exact) mass is 500 g/mol. The van der Waals surface area contributed by atoms with Crippen LogP contribution >= 0.6 is 0 Å². The van der Waals surface area contributed by atoms with Crippen molar-refractivity contribution < 1.29 is 4.79 Å². The SMILES string of the molecule is CC(C)[C@@H]1N=C2NC(=NC3CCCCC23)CN2CCN(Cc3ccc4ccccc4c3)CC2CNC1=O. The third kappa shape index (κ3) is 5.30. The molecule has 3 heterocycles. The summed E-state index contributed by atoms with van der Waals surface area (Å²) >= 11 is 0. The molecule has 1 saturated carbocycles. The summed E-state index contributed by atoms with van der Waals surface area (Å²) in [5.41, 5.74) is 1.34. The van der Waals surface area contributed by atoms with Crippen LogP contribution in [0.4, 0.5) is 0 Å². The number of hydrogen-bond acceptors (Lipinski definition) is 6. The van der Waals surface area contributed by atoms with Crippen LogP contribution in [0.15, 0.2) is 52.4 Å². The zero-order valence-corrected chi connectivity index (χ0v) is 22.2. The Hall–Kier alpha value is -2.77. The van der Waals surface area contributed by atoms with Crippen LogP contribution in [0.3, 0.4) is 0 Å². The Morgan fingerprint density at radius 2 is 1.86 bits per heavy atom. The van der Waals surface area contributed by atoms with Gasteiger partial charge in [-0.2, -0.15) is 0 Å². The van der Waals surface area contributed by atoms with E-state index in [-0.39, 0.29) is 23.9 Å². The average molecular weight is 501 g/mol. The molecule has 2 aromatic rings. The fourth-order valence-corrected chi connectivity index (χ4v) is 6.54. The van der Waals surface area contributed by atoms with Crippen LogP contribution in [0.2, 0.25) is 0 Å². The molecule has 6 rings (SSSR count). The fourth-order valence-electron chi connectivity index (χ4n) is 6.54. The van der Waals surface area contributed by atoms with E-state index >= 15 is 0 Å². The summed E-state index contributed by atoms with van der Waals surface area (Å²) in [6, 6.07) is 15.5. The van der Waals surface area contributed by atoms with Gasteiger partial charge < -0.3 is 10.6 Å². The first-order valence-corrected chi connectivity index (χ1v) is 14.2. The number of carbonyl (C=O) groups excluding carboxylic acids is 1. The molecule has 3 aliphatic heterocycles. The highest BCUT2D eigenvalue weighted by atomic mass is 16.2. The predicted octanol–water partition coefficient (Wildman–Crippen LogP) is 3.44. The van der Waals surface area contributed by atoms with Crippen LogP contribution in [0.25, 0.3) is 10.8 Å². The zero-order valence-electron chi connectivity index (χ0n) is 22.2. The minimum atomic E-state index is -0.367. The van der Waals surface area contributed by atoms with Gasteiger partial charge in [0.05, 0.1) is 12.6 Å². The normalized spacial score (nSPS) is 29.3. The summed E-state index contributed by atoms with van der Waals surface area (Å²) in [4.78, 5) is 28.7. The Labute approximate surface area is 220 Å². The maximum atomic E-state index is 13.4. The van der Waals surface area contributed by atoms with E-state index < -0.39 is 0 Å². The minimum Gasteiger partial charge on any atom is -0.353 e. The van der Waals surface area contributed by atoms with Crippen LogP contribution in [0.5, 0.6) is 0 Å². The smallest absolute Gasteiger partial charge is 0.245 e. The van der Waals surface area contributed by atoms with Crippen molar-refractivity contribution in [3.8, 4) is 0 Å². The molecule has 0 spiro atoms. The van der Waals surface area contributed by atoms with Crippen LogP contribution in [0, 0.1) is 11.8 Å². The number of nitrogens with one attached hydrogen (secondary N) is 2. The Morgan fingerprint density at radius 1 is 1.03 bits per heavy atom. The van der Waals surface area contributed by atoms with Gasteiger partial charge in [-0.15, -0.1) is 0 Å². The second-order valence-corrected chi connectivity index (χ2v) is 11.6. The van der Waals surface area contributed by atoms with Gasteiger partial charge in [-0.3, -0.25) is 24.6 Å². The highest BCUT2D eigenvalue weighted by Gasteiger charge is 2.37. The van der Waals surface area contributed by atoms with Crippen LogP contribution < -0.4 is 10.6 Å². The van der Waals surface area contributed by atoms with Gasteiger partial charge in [0.15, 0.2) is 0 Å². The largest absolute Gasteiger partial charge is 0.353 e. The number of piperazine rings is 1. The molecule has 3 unspecified atom stereocenters. The maximum absolute atomic E-state index is 13.4. The lowest BCUT2D eigenvalue weighted by molar-refractivity contribution is -0.123. The van der Waals surface area contributed by atoms with E-state index in [1.54, 1.807) is 0 Å². The molecule has 196 valence electrons. The van der Waals surface area contributed by atoms with Gasteiger partial charge in [0.25, 0.3) is 0 Å². The summed E-state index contributed by atoms with van der Waals surface area (Å²) in [7, 11) is 0. The molecule has 0 aromatic heterocycles. The average Bonchev–Trinajstić information content (AvgIpc) is 2.92. The number of fused-ring (bicyclic) bond motifs is 6. The molecule has 4 atom stereocenters. The first-order valence-electron chi connectivity index (χ1n) is 14.2. The van der Waals surface area contributed by atoms with Gasteiger partial charge in [0.1, 0.15) is 17.7 Å². The number of carbonyl (C=O) groups is 1. The summed E-state index contributed by atoms with van der Waals surface area (Å²) in [5, 5.41) is 9.48. The quantitative estimate of drug-likeness (QED) is 0.677. The highest BCUT2D eigenvalue weighted by molar-refractivity contribution is 6.05. The summed E-state index contributed by atoms with van der Waals surface area (Å²) in [6.45, 7) is 9.44. The Kier molecular flexibility index (Phi) is 7.00. The van der Waals surface area contributed by atoms with E-state index in [9.17, 15) is 4.79 Å². The van der Waals surface area contributed by atoms with Crippen molar-refractivity contribution in [2.45, 2.75) is 64.2 Å². The summed E-state index contributed by atoms with van der Waals surface area (Å²) < 4.78 is 0. The van der Waals surface area contributed by atoms with Gasteiger partial charge in [-0.1, -0.05) is 63.1 Å². The van der Waals surface area contributed by atoms with E-state index in [0.717, 1.165) is 57.2 Å². The van der Waals surface area contributed by atoms with Crippen LogP contribution in [0.1, 0.15) is 45.1 Å². The summed E-state index contributed by atoms with van der Waals surface area (Å²) in [6.07, 6.45) is 4.67. The number of benzene rings is 2. The molecular formula is C30H40N6O. The standard InChI is InChI=1S/C30H40N6O/c1-20(2)28-30(37)31-16-24-18-35(17-21-11-12-22-7-3-4-8-23(22)15-21)13-14-36(24)19-27-32-26-10-6-5-9-25(26)29(33-27)34-28/h3-4,7-8,11-12,15,20,24-26,28H,5-6,9-10,13-14,16-19H2,1-2H3,(H,31,37)(H,32,33,34)/t24?,25?,26?,28-/m0/s1. The number of rotatable bonds is 3. The van der Waals surface area contributed by atoms with Crippen molar-refractivity contribution >= 4 is 28.4 Å². The van der Waals surface area contributed by atoms with Crippen LogP contribution in [-0.2, 0) is 11.3 Å². The fraction of sp³-hybridized carbons (Fsp3) is 0.567. The number of hydrogen-bond donors (Lipinski definition) is 2. The topological polar surface area (TPSA) is 72.3 Å². The van der Waals surface area contributed by atoms with Crippen LogP contribution in [-0.4, -0.2) is 78.2 Å². The second-order valence-electron chi connectivity index (χ2n) is 11.6. The van der Waals surface area contributed by atoms with Gasteiger partial charge >= 0.3 is 0 Å². The molecule has 2 fully saturated rings. The lowest BCUT2D eigenvalue weighted by Crippen LogP contribution is -2.59. The van der Waals surface area contributed by atoms with Crippen molar-refractivity contribution in [3.63, 3.8) is 0 Å². The predicted molar refractivity (Wildman–Crippen MR) is 150 cm³/mol. The number of amides is 1. The van der Waals surface area contributed by atoms with Crippen molar-refractivity contribution in [2.75, 3.05) is 32.7 Å². The first kappa shape index (κ1) is 24.6. The molecule has 7 heteroatoms. The molecule has 2 N–H and O–H groups in total. The number of nitrogens with zero attached hydrogens (tertiary/aromatic N) is 4. The van der Waals surface area contributed by atoms with Crippen molar-refractivity contribution in [2.24, 2.45) is 21.8 Å². The molecule has 0 radical (unpaired) electrons. The molecule has 7 nitrogen and oxygen atoms in total. The van der Waals surface area contributed by atoms with Gasteiger partial charge in [-0.25, -0.2) is 0 Å². The molecule has 2 bridgehead atoms. The molecule has 4 aliphatic rings. The van der Waals surface area contributed by atoms with Gasteiger partial charge in [0, 0.05) is 44.7 Å². The van der Waals surface area contributed by atoms with E-state index in [1.165, 1.54) is 29.2 Å². The second kappa shape index (κ2) is 10.5. The molecule has 1 aliphatic carbocycles. The Bertz CT molecular complexity index is 1210. The van der Waals surface area contributed by atoms with Crippen molar-refractivity contribution in [1.29, 1.82) is 0 Å². The molecule has 37 heavy (non-hydrogen) atoms. The minimum absolute atomic E-state index is 0.0502. The molecule has 2 aromatic carbocycles. The Balaban J connectivity index is 1.23. The van der Waals surface area contributed by atoms with Gasteiger partial charge in [0.2, 0.25) is 5.91 Å². The van der Waals surface area contributed by atoms with E-state index in [4.69, 9.17) is 9.98 Å². The highest BCUT2D eigenvalue weighted by Crippen LogP contribution is 2.31. The van der Waals surface area contributed by atoms with Gasteiger partial charge in [-0.05, 0) is 41.2 Å². The third-order valence-corrected chi connectivity index (χ3v) is 8.63. The number of amidine groups is 2. The first-order chi connectivity index (χ1) is 18.0. The molecular weight excluding hydrogens is 460 g/mol. The molecule has 1 amide bonds. The third-order valence-electron chi connectivity index (χ3n) is 8.63. The Morgan fingerprint density at radius 3 is 2.73 bits per heavy atom. The zero-order chi connectivity index (χ0) is 25.4. The molecule has 1 saturated heterocycles. The van der Waals surface area contributed by atoms with Crippen molar-refractivity contribution in [3.05, 3.63) is 48.0 Å². The summed E-state index contributed by atoms with van der Waals surface area (Å²) in [5.74, 6) is 2.55. The van der Waals surface area contributed by atoms with E-state index in [1.807, 2.05) is 0 Å².